The smallest absolute Gasteiger partial charge is 0.262 e. The van der Waals surface area contributed by atoms with E-state index >= 15 is 0 Å². The van der Waals surface area contributed by atoms with Gasteiger partial charge in [0.1, 0.15) is 10.6 Å². The summed E-state index contributed by atoms with van der Waals surface area (Å²) in [5, 5.41) is 3.88. The maximum atomic E-state index is 13.9. The molecule has 31 heavy (non-hydrogen) atoms. The number of amides is 1. The summed E-state index contributed by atoms with van der Waals surface area (Å²) in [5.74, 6) is -0.496. The number of rotatable bonds is 6. The van der Waals surface area contributed by atoms with Gasteiger partial charge in [-0.1, -0.05) is 18.2 Å². The van der Waals surface area contributed by atoms with Gasteiger partial charge >= 0.3 is 0 Å². The highest BCUT2D eigenvalue weighted by molar-refractivity contribution is 7.18. The van der Waals surface area contributed by atoms with Crippen molar-refractivity contribution in [3.63, 3.8) is 0 Å². The molecule has 9 heteroatoms. The second-order valence-corrected chi connectivity index (χ2v) is 9.59. The standard InChI is InChI=1S/C22H21FN4O2S2/c1-12-14(3)30-20-19(12)21(29)27(11-24-20)9-8-18(28)26-22-25-13(2)17(31-22)10-15-6-4-5-7-16(15)23/h4-7,11H,8-10H2,1-3H3,(H,25,26,28). The molecule has 160 valence electrons. The van der Waals surface area contributed by atoms with Crippen molar-refractivity contribution in [3.05, 3.63) is 73.3 Å². The molecule has 0 aliphatic carbocycles. The lowest BCUT2D eigenvalue weighted by molar-refractivity contribution is -0.116. The number of nitrogens with zero attached hydrogens (tertiary/aromatic N) is 3. The van der Waals surface area contributed by atoms with E-state index < -0.39 is 0 Å². The number of anilines is 1. The molecular weight excluding hydrogens is 435 g/mol. The van der Waals surface area contributed by atoms with Gasteiger partial charge in [0.2, 0.25) is 5.91 Å². The zero-order chi connectivity index (χ0) is 22.1. The second-order valence-electron chi connectivity index (χ2n) is 7.30. The van der Waals surface area contributed by atoms with Gasteiger partial charge in [-0.05, 0) is 38.0 Å². The fourth-order valence-corrected chi connectivity index (χ4v) is 5.28. The number of carbonyl (C=O) groups is 1. The Kier molecular flexibility index (Phi) is 5.97. The fraction of sp³-hybridized carbons (Fsp3) is 0.273. The van der Waals surface area contributed by atoms with Crippen LogP contribution in [-0.2, 0) is 17.8 Å². The molecule has 0 aliphatic rings. The molecule has 6 nitrogen and oxygen atoms in total. The van der Waals surface area contributed by atoms with Crippen LogP contribution in [0.2, 0.25) is 0 Å². The zero-order valence-corrected chi connectivity index (χ0v) is 19.0. The van der Waals surface area contributed by atoms with Crippen molar-refractivity contribution in [3.8, 4) is 0 Å². The Bertz CT molecular complexity index is 1340. The number of aryl methyl sites for hydroxylation is 4. The van der Waals surface area contributed by atoms with E-state index in [2.05, 4.69) is 15.3 Å². The molecule has 0 saturated heterocycles. The summed E-state index contributed by atoms with van der Waals surface area (Å²) in [6.07, 6.45) is 2.04. The van der Waals surface area contributed by atoms with E-state index in [1.807, 2.05) is 20.8 Å². The van der Waals surface area contributed by atoms with Gasteiger partial charge in [-0.3, -0.25) is 14.2 Å². The lowest BCUT2D eigenvalue weighted by Crippen LogP contribution is -2.23. The highest BCUT2D eigenvalue weighted by atomic mass is 32.1. The highest BCUT2D eigenvalue weighted by Crippen LogP contribution is 2.27. The average molecular weight is 457 g/mol. The van der Waals surface area contributed by atoms with Crippen molar-refractivity contribution in [1.29, 1.82) is 0 Å². The molecule has 0 bridgehead atoms. The average Bonchev–Trinajstić information content (AvgIpc) is 3.22. The van der Waals surface area contributed by atoms with Crippen molar-refractivity contribution in [1.82, 2.24) is 14.5 Å². The van der Waals surface area contributed by atoms with Crippen LogP contribution in [0.3, 0.4) is 0 Å². The molecule has 0 unspecified atom stereocenters. The molecule has 1 amide bonds. The minimum absolute atomic E-state index is 0.122. The number of thiophene rings is 1. The molecular formula is C22H21FN4O2S2. The Balaban J connectivity index is 1.42. The number of hydrogen-bond donors (Lipinski definition) is 1. The van der Waals surface area contributed by atoms with Gasteiger partial charge in [0.05, 0.1) is 17.4 Å². The van der Waals surface area contributed by atoms with E-state index in [1.165, 1.54) is 39.6 Å². The van der Waals surface area contributed by atoms with E-state index in [1.54, 1.807) is 18.2 Å². The van der Waals surface area contributed by atoms with E-state index in [0.29, 0.717) is 22.5 Å². The number of carbonyl (C=O) groups excluding carboxylic acids is 1. The molecule has 1 N–H and O–H groups in total. The van der Waals surface area contributed by atoms with Gasteiger partial charge in [-0.15, -0.1) is 22.7 Å². The van der Waals surface area contributed by atoms with Crippen LogP contribution < -0.4 is 10.9 Å². The summed E-state index contributed by atoms with van der Waals surface area (Å²) in [6.45, 7) is 5.95. The Morgan fingerprint density at radius 1 is 1.19 bits per heavy atom. The fourth-order valence-electron chi connectivity index (χ4n) is 3.29. The third-order valence-corrected chi connectivity index (χ3v) is 7.37. The van der Waals surface area contributed by atoms with Gasteiger partial charge in [0, 0.05) is 29.1 Å². The van der Waals surface area contributed by atoms with E-state index in [4.69, 9.17) is 0 Å². The third kappa shape index (κ3) is 4.42. The number of fused-ring (bicyclic) bond motifs is 1. The van der Waals surface area contributed by atoms with Gasteiger partial charge in [-0.25, -0.2) is 14.4 Å². The summed E-state index contributed by atoms with van der Waals surface area (Å²) in [7, 11) is 0. The van der Waals surface area contributed by atoms with Crippen molar-refractivity contribution in [2.75, 3.05) is 5.32 Å². The normalized spacial score (nSPS) is 11.2. The molecule has 4 aromatic rings. The molecule has 0 atom stereocenters. The van der Waals surface area contributed by atoms with E-state index in [0.717, 1.165) is 25.8 Å². The molecule has 0 saturated carbocycles. The van der Waals surface area contributed by atoms with Crippen LogP contribution in [0, 0.1) is 26.6 Å². The van der Waals surface area contributed by atoms with Gasteiger partial charge in [0.25, 0.3) is 5.56 Å². The van der Waals surface area contributed by atoms with Crippen LogP contribution >= 0.6 is 22.7 Å². The van der Waals surface area contributed by atoms with Crippen LogP contribution in [-0.4, -0.2) is 20.4 Å². The third-order valence-electron chi connectivity index (χ3n) is 5.18. The first-order chi connectivity index (χ1) is 14.8. The van der Waals surface area contributed by atoms with Crippen molar-refractivity contribution < 1.29 is 9.18 Å². The predicted molar refractivity (Wildman–Crippen MR) is 123 cm³/mol. The molecule has 0 fully saturated rings. The number of hydrogen-bond acceptors (Lipinski definition) is 6. The highest BCUT2D eigenvalue weighted by Gasteiger charge is 2.15. The molecule has 0 radical (unpaired) electrons. The van der Waals surface area contributed by atoms with Gasteiger partial charge < -0.3 is 5.32 Å². The SMILES string of the molecule is Cc1nc(NC(=O)CCn2cnc3sc(C)c(C)c3c2=O)sc1Cc1ccccc1F. The lowest BCUT2D eigenvalue weighted by atomic mass is 10.1. The minimum Gasteiger partial charge on any atom is -0.302 e. The molecule has 1 aromatic carbocycles. The Labute approximate surface area is 186 Å². The Morgan fingerprint density at radius 2 is 1.97 bits per heavy atom. The topological polar surface area (TPSA) is 76.9 Å². The Morgan fingerprint density at radius 3 is 2.74 bits per heavy atom. The molecule has 3 aromatic heterocycles. The molecule has 3 heterocycles. The summed E-state index contributed by atoms with van der Waals surface area (Å²) < 4.78 is 15.4. The van der Waals surface area contributed by atoms with Crippen LogP contribution in [0.4, 0.5) is 9.52 Å². The quantitative estimate of drug-likeness (QED) is 0.460. The maximum Gasteiger partial charge on any atom is 0.262 e. The lowest BCUT2D eigenvalue weighted by Gasteiger charge is -2.05. The van der Waals surface area contributed by atoms with E-state index in [-0.39, 0.29) is 30.2 Å². The van der Waals surface area contributed by atoms with Crippen molar-refractivity contribution >= 4 is 43.9 Å². The molecule has 0 spiro atoms. The molecule has 4 rings (SSSR count). The minimum atomic E-state index is -0.257. The summed E-state index contributed by atoms with van der Waals surface area (Å²) >= 11 is 2.83. The summed E-state index contributed by atoms with van der Waals surface area (Å²) in [5.41, 5.74) is 2.17. The number of aromatic nitrogens is 3. The van der Waals surface area contributed by atoms with Gasteiger partial charge in [0.15, 0.2) is 5.13 Å². The summed E-state index contributed by atoms with van der Waals surface area (Å²) in [4.78, 5) is 36.6. The largest absolute Gasteiger partial charge is 0.302 e. The van der Waals surface area contributed by atoms with Gasteiger partial charge in [-0.2, -0.15) is 0 Å². The second kappa shape index (κ2) is 8.68. The first-order valence-electron chi connectivity index (χ1n) is 9.78. The monoisotopic (exact) mass is 456 g/mol. The van der Waals surface area contributed by atoms with E-state index in [9.17, 15) is 14.0 Å². The first kappa shape index (κ1) is 21.3. The first-order valence-corrected chi connectivity index (χ1v) is 11.4. The zero-order valence-electron chi connectivity index (χ0n) is 17.4. The van der Waals surface area contributed by atoms with Crippen LogP contribution in [0.1, 0.15) is 33.0 Å². The predicted octanol–water partition coefficient (Wildman–Crippen LogP) is 4.60. The summed E-state index contributed by atoms with van der Waals surface area (Å²) in [6, 6.07) is 6.63. The number of thiazole rings is 1. The van der Waals surface area contributed by atoms with Crippen molar-refractivity contribution in [2.45, 2.75) is 40.2 Å². The Hall–Kier alpha value is -2.91. The number of halogens is 1. The molecule has 0 aliphatic heterocycles. The maximum absolute atomic E-state index is 13.9. The van der Waals surface area contributed by atoms with Crippen molar-refractivity contribution in [2.24, 2.45) is 0 Å². The van der Waals surface area contributed by atoms with Crippen LogP contribution in [0.5, 0.6) is 0 Å². The number of benzene rings is 1. The van der Waals surface area contributed by atoms with Crippen LogP contribution in [0.25, 0.3) is 10.2 Å². The van der Waals surface area contributed by atoms with Crippen LogP contribution in [0.15, 0.2) is 35.4 Å². The number of nitrogens with one attached hydrogen (secondary N) is 1.